The van der Waals surface area contributed by atoms with Crippen LogP contribution < -0.4 is 9.62 Å². The zero-order valence-electron chi connectivity index (χ0n) is 16.0. The molecule has 1 aliphatic heterocycles. The van der Waals surface area contributed by atoms with Gasteiger partial charge in [-0.1, -0.05) is 24.3 Å². The van der Waals surface area contributed by atoms with Crippen molar-refractivity contribution in [1.82, 2.24) is 5.32 Å². The summed E-state index contributed by atoms with van der Waals surface area (Å²) in [4.78, 5) is 11.6. The van der Waals surface area contributed by atoms with Gasteiger partial charge in [0.25, 0.3) is 0 Å². The molecule has 1 saturated heterocycles. The number of rotatable bonds is 6. The summed E-state index contributed by atoms with van der Waals surface area (Å²) in [5.41, 5.74) is 0.753. The van der Waals surface area contributed by atoms with E-state index in [1.54, 1.807) is 30.3 Å². The lowest BCUT2D eigenvalue weighted by atomic mass is 10.1. The van der Waals surface area contributed by atoms with Crippen LogP contribution in [0, 0.1) is 5.82 Å². The molecule has 0 aromatic heterocycles. The molecule has 1 heterocycles. The first kappa shape index (κ1) is 23.1. The van der Waals surface area contributed by atoms with Gasteiger partial charge in [0, 0.05) is 5.56 Å². The molecular formula is C20H24ClFN2O4S. The van der Waals surface area contributed by atoms with Crippen molar-refractivity contribution in [3.05, 3.63) is 65.5 Å². The second kappa shape index (κ2) is 10.0. The molecule has 0 atom stereocenters. The van der Waals surface area contributed by atoms with E-state index in [9.17, 15) is 17.6 Å². The van der Waals surface area contributed by atoms with Crippen LogP contribution in [0.3, 0.4) is 0 Å². The topological polar surface area (TPSA) is 75.7 Å². The monoisotopic (exact) mass is 442 g/mol. The van der Waals surface area contributed by atoms with Gasteiger partial charge in [-0.25, -0.2) is 17.6 Å². The van der Waals surface area contributed by atoms with Crippen LogP contribution in [0.2, 0.25) is 0 Å². The summed E-state index contributed by atoms with van der Waals surface area (Å²) in [5.74, 6) is -1.29. The fraction of sp³-hybridized carbons (Fsp3) is 0.350. The summed E-state index contributed by atoms with van der Waals surface area (Å²) in [7, 11) is -2.47. The Morgan fingerprint density at radius 2 is 1.83 bits per heavy atom. The number of nitrogens with one attached hydrogen (secondary N) is 1. The fourth-order valence-electron chi connectivity index (χ4n) is 3.27. The van der Waals surface area contributed by atoms with Gasteiger partial charge in [0.05, 0.1) is 30.2 Å². The minimum absolute atomic E-state index is 0. The van der Waals surface area contributed by atoms with Crippen LogP contribution in [-0.4, -0.2) is 39.8 Å². The van der Waals surface area contributed by atoms with Gasteiger partial charge in [-0.2, -0.15) is 0 Å². The number of halogens is 2. The maximum absolute atomic E-state index is 14.6. The fourth-order valence-corrected chi connectivity index (χ4v) is 5.20. The molecule has 0 spiro atoms. The van der Waals surface area contributed by atoms with Gasteiger partial charge in [0.15, 0.2) is 0 Å². The number of para-hydroxylation sites is 1. The van der Waals surface area contributed by atoms with E-state index < -0.39 is 27.1 Å². The number of hydrogen-bond donors (Lipinski definition) is 1. The van der Waals surface area contributed by atoms with Crippen molar-refractivity contribution in [2.24, 2.45) is 0 Å². The van der Waals surface area contributed by atoms with Crippen molar-refractivity contribution in [3.8, 4) is 0 Å². The molecule has 0 unspecified atom stereocenters. The third-order valence-corrected chi connectivity index (χ3v) is 7.12. The lowest BCUT2D eigenvalue weighted by Crippen LogP contribution is -2.44. The van der Waals surface area contributed by atoms with Crippen LogP contribution in [0.1, 0.15) is 28.8 Å². The lowest BCUT2D eigenvalue weighted by molar-refractivity contribution is 0.0600. The van der Waals surface area contributed by atoms with Crippen LogP contribution in [0.5, 0.6) is 0 Å². The van der Waals surface area contributed by atoms with Gasteiger partial charge in [0.1, 0.15) is 5.82 Å². The van der Waals surface area contributed by atoms with Gasteiger partial charge in [0.2, 0.25) is 10.0 Å². The number of anilines is 1. The van der Waals surface area contributed by atoms with Crippen molar-refractivity contribution in [2.75, 3.05) is 24.5 Å². The van der Waals surface area contributed by atoms with E-state index in [0.717, 1.165) is 6.07 Å². The number of benzene rings is 2. The summed E-state index contributed by atoms with van der Waals surface area (Å²) < 4.78 is 47.1. The maximum atomic E-state index is 14.6. The Morgan fingerprint density at radius 3 is 2.41 bits per heavy atom. The SMILES string of the molecule is COC(=O)c1ccc(CN(c2ccccc2)S(=O)(=O)C2CCNCC2)c(F)c1.Cl. The average molecular weight is 443 g/mol. The van der Waals surface area contributed by atoms with Crippen molar-refractivity contribution in [1.29, 1.82) is 0 Å². The second-order valence-electron chi connectivity index (χ2n) is 6.63. The van der Waals surface area contributed by atoms with E-state index in [1.165, 1.54) is 23.5 Å². The molecule has 0 amide bonds. The average Bonchev–Trinajstić information content (AvgIpc) is 2.73. The number of carbonyl (C=O) groups excluding carboxylic acids is 1. The van der Waals surface area contributed by atoms with Crippen LogP contribution in [0.4, 0.5) is 10.1 Å². The first-order valence-corrected chi connectivity index (χ1v) is 10.6. The van der Waals surface area contributed by atoms with Crippen molar-refractivity contribution in [3.63, 3.8) is 0 Å². The van der Waals surface area contributed by atoms with Crippen molar-refractivity contribution in [2.45, 2.75) is 24.6 Å². The molecule has 0 aliphatic carbocycles. The smallest absolute Gasteiger partial charge is 0.337 e. The molecule has 1 aliphatic rings. The molecular weight excluding hydrogens is 419 g/mol. The summed E-state index contributed by atoms with van der Waals surface area (Å²) in [6.45, 7) is 1.12. The van der Waals surface area contributed by atoms with E-state index in [2.05, 4.69) is 10.1 Å². The van der Waals surface area contributed by atoms with Crippen LogP contribution in [0.25, 0.3) is 0 Å². The number of methoxy groups -OCH3 is 1. The van der Waals surface area contributed by atoms with E-state index >= 15 is 0 Å². The van der Waals surface area contributed by atoms with E-state index in [-0.39, 0.29) is 30.1 Å². The van der Waals surface area contributed by atoms with Gasteiger partial charge in [-0.15, -0.1) is 12.4 Å². The molecule has 1 N–H and O–H groups in total. The maximum Gasteiger partial charge on any atom is 0.337 e. The van der Waals surface area contributed by atoms with Gasteiger partial charge in [-0.3, -0.25) is 4.31 Å². The Labute approximate surface area is 176 Å². The zero-order valence-corrected chi connectivity index (χ0v) is 17.6. The number of esters is 1. The minimum atomic E-state index is -3.69. The Kier molecular flexibility index (Phi) is 8.01. The number of sulfonamides is 1. The number of hydrogen-bond acceptors (Lipinski definition) is 5. The molecule has 0 bridgehead atoms. The first-order chi connectivity index (χ1) is 13.4. The van der Waals surface area contributed by atoms with Gasteiger partial charge in [-0.05, 0) is 50.2 Å². The van der Waals surface area contributed by atoms with Crippen LogP contribution in [0.15, 0.2) is 48.5 Å². The predicted molar refractivity (Wildman–Crippen MR) is 112 cm³/mol. The summed E-state index contributed by atoms with van der Waals surface area (Å²) in [5, 5.41) is 2.64. The van der Waals surface area contributed by atoms with Gasteiger partial charge < -0.3 is 10.1 Å². The highest BCUT2D eigenvalue weighted by Crippen LogP contribution is 2.27. The molecule has 3 rings (SSSR count). The van der Waals surface area contributed by atoms with E-state index in [4.69, 9.17) is 0 Å². The number of ether oxygens (including phenoxy) is 1. The number of nitrogens with zero attached hydrogens (tertiary/aromatic N) is 1. The van der Waals surface area contributed by atoms with E-state index in [1.807, 2.05) is 0 Å². The molecule has 0 saturated carbocycles. The Hall–Kier alpha value is -2.16. The molecule has 1 fully saturated rings. The normalized spacial score (nSPS) is 14.7. The second-order valence-corrected chi connectivity index (χ2v) is 8.77. The molecule has 2 aromatic carbocycles. The quantitative estimate of drug-likeness (QED) is 0.695. The summed E-state index contributed by atoms with van der Waals surface area (Å²) in [6.07, 6.45) is 1.02. The molecule has 158 valence electrons. The molecule has 2 aromatic rings. The summed E-state index contributed by atoms with van der Waals surface area (Å²) in [6, 6.07) is 12.6. The summed E-state index contributed by atoms with van der Waals surface area (Å²) >= 11 is 0. The highest BCUT2D eigenvalue weighted by atomic mass is 35.5. The van der Waals surface area contributed by atoms with Crippen LogP contribution in [-0.2, 0) is 21.3 Å². The first-order valence-electron chi connectivity index (χ1n) is 9.07. The Balaban J connectivity index is 0.00000300. The molecule has 0 radical (unpaired) electrons. The van der Waals surface area contributed by atoms with Crippen molar-refractivity contribution >= 4 is 34.1 Å². The third-order valence-electron chi connectivity index (χ3n) is 4.85. The van der Waals surface area contributed by atoms with Gasteiger partial charge >= 0.3 is 5.97 Å². The van der Waals surface area contributed by atoms with Crippen LogP contribution >= 0.6 is 12.4 Å². The zero-order chi connectivity index (χ0) is 20.1. The molecule has 6 nitrogen and oxygen atoms in total. The highest BCUT2D eigenvalue weighted by molar-refractivity contribution is 7.93. The standard InChI is InChI=1S/C20H23FN2O4S.ClH/c1-27-20(24)15-7-8-16(19(21)13-15)14-23(17-5-3-2-4-6-17)28(25,26)18-9-11-22-12-10-18;/h2-8,13,18,22H,9-12,14H2,1H3;1H. The third kappa shape index (κ3) is 5.26. The lowest BCUT2D eigenvalue weighted by Gasteiger charge is -2.31. The number of piperidine rings is 1. The van der Waals surface area contributed by atoms with Crippen molar-refractivity contribution < 1.29 is 22.3 Å². The Bertz CT molecular complexity index is 935. The minimum Gasteiger partial charge on any atom is -0.465 e. The van der Waals surface area contributed by atoms with E-state index in [0.29, 0.717) is 31.6 Å². The molecule has 29 heavy (non-hydrogen) atoms. The Morgan fingerprint density at radius 1 is 1.17 bits per heavy atom. The largest absolute Gasteiger partial charge is 0.465 e. The predicted octanol–water partition coefficient (Wildman–Crippen LogP) is 3.12. The number of carbonyl (C=O) groups is 1. The highest BCUT2D eigenvalue weighted by Gasteiger charge is 2.33. The molecule has 9 heteroatoms.